The number of aromatic nitrogens is 4. The lowest BCUT2D eigenvalue weighted by Crippen LogP contribution is -2.37. The Hall–Kier alpha value is -3.05. The molecule has 2 saturated heterocycles. The van der Waals surface area contributed by atoms with Gasteiger partial charge in [0.2, 0.25) is 0 Å². The van der Waals surface area contributed by atoms with Gasteiger partial charge in [-0.05, 0) is 49.8 Å². The molecule has 6 rings (SSSR count). The monoisotopic (exact) mass is 478 g/mol. The first kappa shape index (κ1) is 22.4. The van der Waals surface area contributed by atoms with Crippen molar-refractivity contribution >= 4 is 34.8 Å². The van der Waals surface area contributed by atoms with Crippen LogP contribution in [0.1, 0.15) is 26.5 Å². The molecule has 0 bridgehead atoms. The van der Waals surface area contributed by atoms with E-state index in [2.05, 4.69) is 28.2 Å². The van der Waals surface area contributed by atoms with Crippen LogP contribution in [0.2, 0.25) is 0 Å². The van der Waals surface area contributed by atoms with Gasteiger partial charge in [-0.2, -0.15) is 0 Å². The van der Waals surface area contributed by atoms with Crippen molar-refractivity contribution in [3.8, 4) is 0 Å². The Labute approximate surface area is 203 Å². The number of hydrogen-bond acceptors (Lipinski definition) is 9. The summed E-state index contributed by atoms with van der Waals surface area (Å²) in [5.74, 6) is 0.631. The summed E-state index contributed by atoms with van der Waals surface area (Å²) in [7, 11) is 3.97. The van der Waals surface area contributed by atoms with Crippen molar-refractivity contribution in [2.45, 2.75) is 56.7 Å². The summed E-state index contributed by atoms with van der Waals surface area (Å²) >= 11 is 0. The van der Waals surface area contributed by atoms with Gasteiger partial charge in [0.15, 0.2) is 12.0 Å². The summed E-state index contributed by atoms with van der Waals surface area (Å²) in [5, 5.41) is 2.84. The molecular formula is C25H30N6O4. The Kier molecular flexibility index (Phi) is 5.29. The number of ether oxygens (including phenoxy) is 4. The summed E-state index contributed by atoms with van der Waals surface area (Å²) in [6.45, 7) is 4.21. The second kappa shape index (κ2) is 8.27. The standard InChI is InChI=1S/C25H30N6O4/c1-25(2)34-20-18(12-32-15-7-5-14-6-8-19(30(3)4)29-17(14)11-15)33-24(21(20)35-25)31-10-9-16-22(26)27-13-28-23(16)31/h5-6,8-11,13,15,18,20-21,24H,7,12H2,1-4H3,(H2,26,27,28)/t15?,18-,20-,21-,24-/m1/s1. The van der Waals surface area contributed by atoms with E-state index >= 15 is 0 Å². The minimum atomic E-state index is -0.719. The zero-order chi connectivity index (χ0) is 24.3. The lowest BCUT2D eigenvalue weighted by molar-refractivity contribution is -0.202. The fourth-order valence-corrected chi connectivity index (χ4v) is 5.06. The molecule has 1 aliphatic carbocycles. The molecule has 10 nitrogen and oxygen atoms in total. The average molecular weight is 479 g/mol. The topological polar surface area (TPSA) is 110 Å². The molecule has 3 aromatic heterocycles. The Morgan fingerprint density at radius 3 is 2.83 bits per heavy atom. The fraction of sp³-hybridized carbons (Fsp3) is 0.480. The molecule has 5 heterocycles. The second-order valence-corrected chi connectivity index (χ2v) is 9.87. The highest BCUT2D eigenvalue weighted by atomic mass is 16.8. The van der Waals surface area contributed by atoms with Gasteiger partial charge in [0, 0.05) is 20.3 Å². The molecule has 0 radical (unpaired) electrons. The first-order chi connectivity index (χ1) is 16.8. The molecule has 3 aromatic rings. The minimum Gasteiger partial charge on any atom is -0.383 e. The number of nitrogen functional groups attached to an aromatic ring is 1. The molecule has 2 aliphatic heterocycles. The molecule has 3 aliphatic rings. The van der Waals surface area contributed by atoms with Crippen molar-refractivity contribution in [1.29, 1.82) is 0 Å². The third-order valence-electron chi connectivity index (χ3n) is 6.73. The average Bonchev–Trinajstić information content (AvgIpc) is 3.48. The van der Waals surface area contributed by atoms with E-state index in [1.165, 1.54) is 6.33 Å². The predicted octanol–water partition coefficient (Wildman–Crippen LogP) is 0.942. The lowest BCUT2D eigenvalue weighted by atomic mass is 10.1. The minimum absolute atomic E-state index is 0.0937. The summed E-state index contributed by atoms with van der Waals surface area (Å²) < 4.78 is 27.2. The molecule has 184 valence electrons. The Morgan fingerprint density at radius 1 is 1.17 bits per heavy atom. The second-order valence-electron chi connectivity index (χ2n) is 9.87. The number of hydrogen-bond donors (Lipinski definition) is 1. The largest absolute Gasteiger partial charge is 0.383 e. The number of rotatable bonds is 5. The van der Waals surface area contributed by atoms with Gasteiger partial charge in [-0.3, -0.25) is 0 Å². The van der Waals surface area contributed by atoms with Gasteiger partial charge < -0.3 is 34.1 Å². The summed E-state index contributed by atoms with van der Waals surface area (Å²) in [6, 6.07) is 6.02. The summed E-state index contributed by atoms with van der Waals surface area (Å²) in [6.07, 6.45) is 6.99. The molecular weight excluding hydrogens is 448 g/mol. The highest BCUT2D eigenvalue weighted by Gasteiger charge is 2.56. The highest BCUT2D eigenvalue weighted by molar-refractivity contribution is 5.86. The molecule has 1 unspecified atom stereocenters. The first-order valence-electron chi connectivity index (χ1n) is 11.9. The van der Waals surface area contributed by atoms with Crippen LogP contribution in [0.5, 0.6) is 0 Å². The lowest BCUT2D eigenvalue weighted by Gasteiger charge is -2.25. The van der Waals surface area contributed by atoms with Gasteiger partial charge in [0.1, 0.15) is 41.9 Å². The third kappa shape index (κ3) is 3.96. The van der Waals surface area contributed by atoms with Gasteiger partial charge in [-0.25, -0.2) is 15.0 Å². The van der Waals surface area contributed by atoms with Gasteiger partial charge in [-0.15, -0.1) is 0 Å². The number of pyridine rings is 1. The van der Waals surface area contributed by atoms with Crippen molar-refractivity contribution < 1.29 is 18.9 Å². The molecule has 0 spiro atoms. The fourth-order valence-electron chi connectivity index (χ4n) is 5.06. The number of nitrogens with two attached hydrogens (primary N) is 1. The van der Waals surface area contributed by atoms with Crippen LogP contribution in [0.3, 0.4) is 0 Å². The van der Waals surface area contributed by atoms with Gasteiger partial charge >= 0.3 is 0 Å². The molecule has 2 N–H and O–H groups in total. The first-order valence-corrected chi connectivity index (χ1v) is 11.9. The van der Waals surface area contributed by atoms with Gasteiger partial charge in [0.05, 0.1) is 23.4 Å². The Balaban J connectivity index is 1.23. The molecule has 0 amide bonds. The predicted molar refractivity (Wildman–Crippen MR) is 131 cm³/mol. The van der Waals surface area contributed by atoms with Crippen LogP contribution in [0.25, 0.3) is 23.2 Å². The summed E-state index contributed by atoms with van der Waals surface area (Å²) in [5.41, 5.74) is 6.74. The molecule has 2 fully saturated rings. The molecule has 35 heavy (non-hydrogen) atoms. The molecule has 5 atom stereocenters. The zero-order valence-electron chi connectivity index (χ0n) is 20.3. The van der Waals surface area contributed by atoms with Crippen LogP contribution in [0.15, 0.2) is 30.7 Å². The van der Waals surface area contributed by atoms with Crippen LogP contribution in [0, 0.1) is 0 Å². The van der Waals surface area contributed by atoms with Crippen LogP contribution in [-0.4, -0.2) is 70.4 Å². The van der Waals surface area contributed by atoms with Crippen molar-refractivity contribution in [2.75, 3.05) is 31.3 Å². The van der Waals surface area contributed by atoms with Crippen LogP contribution < -0.4 is 21.2 Å². The third-order valence-corrected chi connectivity index (χ3v) is 6.73. The molecule has 10 heteroatoms. The number of anilines is 2. The van der Waals surface area contributed by atoms with E-state index < -0.39 is 12.0 Å². The Bertz CT molecular complexity index is 1390. The maximum atomic E-state index is 6.47. The smallest absolute Gasteiger partial charge is 0.164 e. The van der Waals surface area contributed by atoms with Crippen LogP contribution in [0.4, 0.5) is 11.6 Å². The number of fused-ring (bicyclic) bond motifs is 3. The van der Waals surface area contributed by atoms with E-state index in [-0.39, 0.29) is 24.4 Å². The maximum absolute atomic E-state index is 6.47. The van der Waals surface area contributed by atoms with Gasteiger partial charge in [-0.1, -0.05) is 6.08 Å². The highest BCUT2D eigenvalue weighted by Crippen LogP contribution is 2.44. The zero-order valence-corrected chi connectivity index (χ0v) is 20.3. The van der Waals surface area contributed by atoms with E-state index in [9.17, 15) is 0 Å². The molecule has 0 saturated carbocycles. The Morgan fingerprint density at radius 2 is 2.00 bits per heavy atom. The van der Waals surface area contributed by atoms with E-state index in [0.717, 1.165) is 28.2 Å². The SMILES string of the molecule is CN(C)c1ccc2c(n1)=CC(OC[C@H]1O[C@@H](n3ccc4c(N)ncnc43)[C@@H]3OC(C)(C)O[C@@H]31)CC=2. The number of nitrogens with zero attached hydrogens (tertiary/aromatic N) is 5. The van der Waals surface area contributed by atoms with E-state index in [1.807, 2.05) is 55.7 Å². The van der Waals surface area contributed by atoms with Crippen LogP contribution in [-0.2, 0) is 18.9 Å². The van der Waals surface area contributed by atoms with E-state index in [1.54, 1.807) is 0 Å². The van der Waals surface area contributed by atoms with E-state index in [0.29, 0.717) is 18.1 Å². The van der Waals surface area contributed by atoms with Gasteiger partial charge in [0.25, 0.3) is 0 Å². The van der Waals surface area contributed by atoms with E-state index in [4.69, 9.17) is 29.7 Å². The molecule has 0 aromatic carbocycles. The quantitative estimate of drug-likeness (QED) is 0.573. The summed E-state index contributed by atoms with van der Waals surface area (Å²) in [4.78, 5) is 15.3. The van der Waals surface area contributed by atoms with Crippen LogP contribution >= 0.6 is 0 Å². The van der Waals surface area contributed by atoms with Crippen molar-refractivity contribution in [1.82, 2.24) is 19.5 Å². The van der Waals surface area contributed by atoms with Crippen molar-refractivity contribution in [2.24, 2.45) is 0 Å². The normalized spacial score (nSPS) is 28.9. The van der Waals surface area contributed by atoms with Crippen molar-refractivity contribution in [3.63, 3.8) is 0 Å². The van der Waals surface area contributed by atoms with Crippen molar-refractivity contribution in [3.05, 3.63) is 41.3 Å². The maximum Gasteiger partial charge on any atom is 0.164 e.